The minimum Gasteiger partial charge on any atom is -0.477 e. The van der Waals surface area contributed by atoms with Gasteiger partial charge in [0.25, 0.3) is 0 Å². The van der Waals surface area contributed by atoms with E-state index < -0.39 is 5.97 Å². The fourth-order valence-electron chi connectivity index (χ4n) is 1.67. The van der Waals surface area contributed by atoms with Gasteiger partial charge in [0.15, 0.2) is 5.69 Å². The third-order valence-electron chi connectivity index (χ3n) is 2.58. The summed E-state index contributed by atoms with van der Waals surface area (Å²) < 4.78 is 5.73. The van der Waals surface area contributed by atoms with Gasteiger partial charge in [-0.3, -0.25) is 0 Å². The Morgan fingerprint density at radius 1 is 1.22 bits per heavy atom. The molecule has 0 atom stereocenters. The second-order valence-electron chi connectivity index (χ2n) is 4.00. The predicted octanol–water partition coefficient (Wildman–Crippen LogP) is 3.19. The lowest BCUT2D eigenvalue weighted by Crippen LogP contribution is -2.00. The standard InChI is InChI=1S/C14H13NO3/c1-9-4-3-5-10(2)13(9)18-11-6-7-15-12(8-11)14(16)17/h3-8H,1-2H3,(H,16,17). The molecule has 18 heavy (non-hydrogen) atoms. The molecule has 4 heteroatoms. The van der Waals surface area contributed by atoms with Gasteiger partial charge in [-0.2, -0.15) is 0 Å². The first-order chi connectivity index (χ1) is 8.58. The van der Waals surface area contributed by atoms with Gasteiger partial charge in [0.1, 0.15) is 11.5 Å². The highest BCUT2D eigenvalue weighted by Crippen LogP contribution is 2.28. The molecule has 0 saturated heterocycles. The number of pyridine rings is 1. The fraction of sp³-hybridized carbons (Fsp3) is 0.143. The Bertz CT molecular complexity index is 573. The maximum atomic E-state index is 10.8. The Morgan fingerprint density at radius 3 is 2.50 bits per heavy atom. The monoisotopic (exact) mass is 243 g/mol. The molecule has 2 aromatic rings. The molecular weight excluding hydrogens is 230 g/mol. The normalized spacial score (nSPS) is 10.1. The number of ether oxygens (including phenoxy) is 1. The van der Waals surface area contributed by atoms with E-state index in [0.29, 0.717) is 5.75 Å². The number of aromatic nitrogens is 1. The number of rotatable bonds is 3. The molecule has 2 rings (SSSR count). The fourth-order valence-corrected chi connectivity index (χ4v) is 1.67. The van der Waals surface area contributed by atoms with E-state index in [0.717, 1.165) is 16.9 Å². The Morgan fingerprint density at radius 2 is 1.89 bits per heavy atom. The van der Waals surface area contributed by atoms with Gasteiger partial charge in [-0.05, 0) is 31.0 Å². The van der Waals surface area contributed by atoms with Crippen molar-refractivity contribution in [2.45, 2.75) is 13.8 Å². The van der Waals surface area contributed by atoms with Crippen LogP contribution in [0.1, 0.15) is 21.6 Å². The third-order valence-corrected chi connectivity index (χ3v) is 2.58. The molecular formula is C14H13NO3. The molecule has 0 aliphatic carbocycles. The number of para-hydroxylation sites is 1. The number of hydrogen-bond donors (Lipinski definition) is 1. The average Bonchev–Trinajstić information content (AvgIpc) is 2.34. The van der Waals surface area contributed by atoms with E-state index in [1.54, 1.807) is 6.07 Å². The van der Waals surface area contributed by atoms with Crippen LogP contribution in [0.3, 0.4) is 0 Å². The number of benzene rings is 1. The molecule has 0 aliphatic heterocycles. The van der Waals surface area contributed by atoms with Crippen molar-refractivity contribution >= 4 is 5.97 Å². The van der Waals surface area contributed by atoms with E-state index in [9.17, 15) is 4.79 Å². The van der Waals surface area contributed by atoms with Gasteiger partial charge in [-0.1, -0.05) is 18.2 Å². The Hall–Kier alpha value is -2.36. The van der Waals surface area contributed by atoms with Crippen molar-refractivity contribution < 1.29 is 14.6 Å². The summed E-state index contributed by atoms with van der Waals surface area (Å²) in [4.78, 5) is 14.6. The summed E-state index contributed by atoms with van der Waals surface area (Å²) in [6, 6.07) is 8.89. The number of hydrogen-bond acceptors (Lipinski definition) is 3. The molecule has 1 heterocycles. The number of nitrogens with zero attached hydrogens (tertiary/aromatic N) is 1. The van der Waals surface area contributed by atoms with Gasteiger partial charge in [-0.25, -0.2) is 9.78 Å². The van der Waals surface area contributed by atoms with Gasteiger partial charge in [0, 0.05) is 12.3 Å². The molecule has 1 aromatic carbocycles. The van der Waals surface area contributed by atoms with Gasteiger partial charge in [0.05, 0.1) is 0 Å². The highest BCUT2D eigenvalue weighted by atomic mass is 16.5. The molecule has 0 bridgehead atoms. The highest BCUT2D eigenvalue weighted by Gasteiger charge is 2.08. The lowest BCUT2D eigenvalue weighted by Gasteiger charge is -2.11. The zero-order chi connectivity index (χ0) is 13.1. The summed E-state index contributed by atoms with van der Waals surface area (Å²) in [5, 5.41) is 8.87. The molecule has 0 amide bonds. The van der Waals surface area contributed by atoms with E-state index in [2.05, 4.69) is 4.98 Å². The molecule has 0 radical (unpaired) electrons. The second kappa shape index (κ2) is 4.87. The summed E-state index contributed by atoms with van der Waals surface area (Å²) in [6.07, 6.45) is 1.42. The van der Waals surface area contributed by atoms with Gasteiger partial charge in [-0.15, -0.1) is 0 Å². The van der Waals surface area contributed by atoms with Crippen molar-refractivity contribution in [2.24, 2.45) is 0 Å². The summed E-state index contributed by atoms with van der Waals surface area (Å²) in [7, 11) is 0. The second-order valence-corrected chi connectivity index (χ2v) is 4.00. The van der Waals surface area contributed by atoms with E-state index >= 15 is 0 Å². The predicted molar refractivity (Wildman–Crippen MR) is 67.2 cm³/mol. The van der Waals surface area contributed by atoms with Crippen molar-refractivity contribution in [1.82, 2.24) is 4.98 Å². The number of carbonyl (C=O) groups is 1. The summed E-state index contributed by atoms with van der Waals surface area (Å²) in [5.41, 5.74) is 1.98. The third kappa shape index (κ3) is 2.48. The molecule has 1 N–H and O–H groups in total. The summed E-state index contributed by atoms with van der Waals surface area (Å²) in [5.74, 6) is 0.154. The van der Waals surface area contributed by atoms with E-state index in [1.165, 1.54) is 12.3 Å². The zero-order valence-corrected chi connectivity index (χ0v) is 10.2. The topological polar surface area (TPSA) is 59.4 Å². The first-order valence-electron chi connectivity index (χ1n) is 5.51. The zero-order valence-electron chi connectivity index (χ0n) is 10.2. The summed E-state index contributed by atoms with van der Waals surface area (Å²) >= 11 is 0. The Labute approximate surface area is 105 Å². The SMILES string of the molecule is Cc1cccc(C)c1Oc1ccnc(C(=O)O)c1. The van der Waals surface area contributed by atoms with Crippen LogP contribution in [0.5, 0.6) is 11.5 Å². The van der Waals surface area contributed by atoms with Crippen molar-refractivity contribution in [1.29, 1.82) is 0 Å². The highest BCUT2D eigenvalue weighted by molar-refractivity contribution is 5.85. The molecule has 4 nitrogen and oxygen atoms in total. The first kappa shape index (κ1) is 12.1. The smallest absolute Gasteiger partial charge is 0.354 e. The minimum atomic E-state index is -1.07. The molecule has 0 fully saturated rings. The number of carboxylic acids is 1. The van der Waals surface area contributed by atoms with Crippen LogP contribution in [-0.4, -0.2) is 16.1 Å². The van der Waals surface area contributed by atoms with Crippen molar-refractivity contribution in [3.63, 3.8) is 0 Å². The number of aryl methyl sites for hydroxylation is 2. The van der Waals surface area contributed by atoms with Gasteiger partial charge < -0.3 is 9.84 Å². The first-order valence-corrected chi connectivity index (χ1v) is 5.51. The quantitative estimate of drug-likeness (QED) is 0.899. The lowest BCUT2D eigenvalue weighted by atomic mass is 10.1. The molecule has 0 aliphatic rings. The average molecular weight is 243 g/mol. The van der Waals surface area contributed by atoms with Crippen LogP contribution in [0, 0.1) is 13.8 Å². The molecule has 0 spiro atoms. The molecule has 1 aromatic heterocycles. The molecule has 0 saturated carbocycles. The number of aromatic carboxylic acids is 1. The van der Waals surface area contributed by atoms with E-state index in [1.807, 2.05) is 32.0 Å². The largest absolute Gasteiger partial charge is 0.477 e. The molecule has 0 unspecified atom stereocenters. The maximum Gasteiger partial charge on any atom is 0.354 e. The van der Waals surface area contributed by atoms with Crippen molar-refractivity contribution in [3.8, 4) is 11.5 Å². The van der Waals surface area contributed by atoms with Crippen LogP contribution in [0.15, 0.2) is 36.5 Å². The van der Waals surface area contributed by atoms with Crippen LogP contribution in [0.2, 0.25) is 0 Å². The summed E-state index contributed by atoms with van der Waals surface area (Å²) in [6.45, 7) is 3.89. The van der Waals surface area contributed by atoms with E-state index in [4.69, 9.17) is 9.84 Å². The van der Waals surface area contributed by atoms with Crippen molar-refractivity contribution in [3.05, 3.63) is 53.3 Å². The van der Waals surface area contributed by atoms with Crippen molar-refractivity contribution in [2.75, 3.05) is 0 Å². The van der Waals surface area contributed by atoms with Gasteiger partial charge in [0.2, 0.25) is 0 Å². The van der Waals surface area contributed by atoms with E-state index in [-0.39, 0.29) is 5.69 Å². The van der Waals surface area contributed by atoms with Crippen LogP contribution in [-0.2, 0) is 0 Å². The minimum absolute atomic E-state index is 0.0289. The van der Waals surface area contributed by atoms with Crippen LogP contribution >= 0.6 is 0 Å². The lowest BCUT2D eigenvalue weighted by molar-refractivity contribution is 0.0690. The van der Waals surface area contributed by atoms with Crippen LogP contribution in [0.4, 0.5) is 0 Å². The van der Waals surface area contributed by atoms with Crippen LogP contribution in [0.25, 0.3) is 0 Å². The molecule has 92 valence electrons. The Kier molecular flexibility index (Phi) is 3.28. The van der Waals surface area contributed by atoms with Crippen LogP contribution < -0.4 is 4.74 Å². The Balaban J connectivity index is 2.34. The van der Waals surface area contributed by atoms with Gasteiger partial charge >= 0.3 is 5.97 Å². The number of carboxylic acid groups (broad SMARTS) is 1. The maximum absolute atomic E-state index is 10.8.